The van der Waals surface area contributed by atoms with E-state index in [1.165, 1.54) is 0 Å². The maximum atomic E-state index is 6.00. The van der Waals surface area contributed by atoms with Crippen LogP contribution in [0.1, 0.15) is 0 Å². The minimum Gasteiger partial charge on any atom is -0.497 e. The first kappa shape index (κ1) is 17.5. The monoisotopic (exact) mass is 368 g/mol. The van der Waals surface area contributed by atoms with E-state index < -0.39 is 0 Å². The minimum absolute atomic E-state index is 0.219. The van der Waals surface area contributed by atoms with Gasteiger partial charge in [-0.1, -0.05) is 54.6 Å². The van der Waals surface area contributed by atoms with Crippen LogP contribution in [0.25, 0.3) is 22.4 Å². The Balaban J connectivity index is 1.72. The number of nitrogen functional groups attached to an aromatic ring is 1. The van der Waals surface area contributed by atoms with Crippen LogP contribution in [0.5, 0.6) is 5.75 Å². The average molecular weight is 368 g/mol. The van der Waals surface area contributed by atoms with E-state index in [4.69, 9.17) is 10.5 Å². The Kier molecular flexibility index (Phi) is 4.89. The van der Waals surface area contributed by atoms with Gasteiger partial charge in [-0.05, 0) is 35.4 Å². The van der Waals surface area contributed by atoms with Gasteiger partial charge in [-0.2, -0.15) is 4.98 Å². The van der Waals surface area contributed by atoms with E-state index in [2.05, 4.69) is 33.5 Å². The molecule has 1 aromatic heterocycles. The zero-order valence-electron chi connectivity index (χ0n) is 15.5. The van der Waals surface area contributed by atoms with Crippen molar-refractivity contribution in [3.8, 4) is 28.1 Å². The summed E-state index contributed by atoms with van der Waals surface area (Å²) >= 11 is 0. The van der Waals surface area contributed by atoms with Crippen molar-refractivity contribution in [1.82, 2.24) is 9.97 Å². The Morgan fingerprint density at radius 1 is 0.786 bits per heavy atom. The smallest absolute Gasteiger partial charge is 0.222 e. The van der Waals surface area contributed by atoms with E-state index in [1.807, 2.05) is 66.7 Å². The first-order chi connectivity index (χ1) is 13.7. The highest BCUT2D eigenvalue weighted by atomic mass is 16.5. The predicted octanol–water partition coefficient (Wildman–Crippen LogP) is 5.15. The highest BCUT2D eigenvalue weighted by Gasteiger charge is 2.11. The first-order valence-electron chi connectivity index (χ1n) is 8.93. The van der Waals surface area contributed by atoms with Crippen LogP contribution in [-0.2, 0) is 0 Å². The Labute approximate surface area is 163 Å². The molecule has 138 valence electrons. The number of anilines is 3. The number of nitrogens with zero attached hydrogens (tertiary/aromatic N) is 2. The zero-order chi connectivity index (χ0) is 19.3. The van der Waals surface area contributed by atoms with Crippen molar-refractivity contribution in [2.45, 2.75) is 0 Å². The van der Waals surface area contributed by atoms with Crippen molar-refractivity contribution in [3.63, 3.8) is 0 Å². The summed E-state index contributed by atoms with van der Waals surface area (Å²) in [6.07, 6.45) is 0. The molecule has 3 aromatic carbocycles. The molecule has 0 aliphatic heterocycles. The molecule has 0 aliphatic carbocycles. The van der Waals surface area contributed by atoms with Gasteiger partial charge in [0, 0.05) is 17.3 Å². The van der Waals surface area contributed by atoms with E-state index in [9.17, 15) is 0 Å². The third-order valence-corrected chi connectivity index (χ3v) is 4.39. The molecule has 5 heteroatoms. The van der Waals surface area contributed by atoms with E-state index in [-0.39, 0.29) is 5.95 Å². The topological polar surface area (TPSA) is 73.1 Å². The number of hydrogen-bond acceptors (Lipinski definition) is 5. The molecule has 0 saturated heterocycles. The summed E-state index contributed by atoms with van der Waals surface area (Å²) in [6.45, 7) is 0. The fourth-order valence-electron chi connectivity index (χ4n) is 3.07. The Bertz CT molecular complexity index is 1080. The number of ether oxygens (including phenoxy) is 1. The first-order valence-corrected chi connectivity index (χ1v) is 8.93. The molecular weight excluding hydrogens is 348 g/mol. The van der Waals surface area contributed by atoms with Gasteiger partial charge in [0.15, 0.2) is 0 Å². The molecule has 5 nitrogen and oxygen atoms in total. The highest BCUT2D eigenvalue weighted by molar-refractivity contribution is 5.83. The second-order valence-corrected chi connectivity index (χ2v) is 6.26. The average Bonchev–Trinajstić information content (AvgIpc) is 2.74. The lowest BCUT2D eigenvalue weighted by atomic mass is 9.97. The molecule has 0 unspecified atom stereocenters. The normalized spacial score (nSPS) is 10.5. The number of nitrogens with two attached hydrogens (primary N) is 1. The Hall–Kier alpha value is -3.86. The molecule has 4 rings (SSSR count). The minimum atomic E-state index is 0.219. The molecule has 0 amide bonds. The molecule has 28 heavy (non-hydrogen) atoms. The van der Waals surface area contributed by atoms with Crippen LogP contribution in [0.4, 0.5) is 17.5 Å². The summed E-state index contributed by atoms with van der Waals surface area (Å²) in [5.74, 6) is 1.65. The molecule has 0 aliphatic rings. The second kappa shape index (κ2) is 7.80. The Morgan fingerprint density at radius 2 is 1.46 bits per heavy atom. The number of benzene rings is 3. The van der Waals surface area contributed by atoms with Gasteiger partial charge in [0.05, 0.1) is 12.8 Å². The van der Waals surface area contributed by atoms with Crippen LogP contribution in [0.2, 0.25) is 0 Å². The van der Waals surface area contributed by atoms with Gasteiger partial charge in [-0.3, -0.25) is 0 Å². The summed E-state index contributed by atoms with van der Waals surface area (Å²) in [6, 6.07) is 27.9. The third kappa shape index (κ3) is 3.78. The van der Waals surface area contributed by atoms with Crippen LogP contribution in [-0.4, -0.2) is 17.1 Å². The van der Waals surface area contributed by atoms with Crippen molar-refractivity contribution in [1.29, 1.82) is 0 Å². The maximum Gasteiger partial charge on any atom is 0.222 e. The summed E-state index contributed by atoms with van der Waals surface area (Å²) in [4.78, 5) is 8.79. The van der Waals surface area contributed by atoms with Gasteiger partial charge in [-0.25, -0.2) is 4.98 Å². The summed E-state index contributed by atoms with van der Waals surface area (Å²) in [5.41, 5.74) is 10.9. The fourth-order valence-corrected chi connectivity index (χ4v) is 3.07. The predicted molar refractivity (Wildman–Crippen MR) is 114 cm³/mol. The van der Waals surface area contributed by atoms with Crippen LogP contribution in [0.15, 0.2) is 84.9 Å². The number of aromatic nitrogens is 2. The number of nitrogens with one attached hydrogen (secondary N) is 1. The Morgan fingerprint density at radius 3 is 2.18 bits per heavy atom. The van der Waals surface area contributed by atoms with Crippen molar-refractivity contribution >= 4 is 17.5 Å². The lowest BCUT2D eigenvalue weighted by Crippen LogP contribution is -2.02. The maximum absolute atomic E-state index is 6.00. The van der Waals surface area contributed by atoms with Crippen molar-refractivity contribution in [2.24, 2.45) is 0 Å². The third-order valence-electron chi connectivity index (χ3n) is 4.39. The van der Waals surface area contributed by atoms with E-state index >= 15 is 0 Å². The van der Waals surface area contributed by atoms with Crippen LogP contribution in [0.3, 0.4) is 0 Å². The number of rotatable bonds is 5. The van der Waals surface area contributed by atoms with Crippen molar-refractivity contribution in [3.05, 3.63) is 84.9 Å². The molecule has 1 heterocycles. The number of methoxy groups -OCH3 is 1. The summed E-state index contributed by atoms with van der Waals surface area (Å²) in [7, 11) is 1.64. The highest BCUT2D eigenvalue weighted by Crippen LogP contribution is 2.32. The van der Waals surface area contributed by atoms with Crippen molar-refractivity contribution in [2.75, 3.05) is 18.2 Å². The van der Waals surface area contributed by atoms with Crippen LogP contribution in [0, 0.1) is 0 Å². The fraction of sp³-hybridized carbons (Fsp3) is 0.0435. The molecule has 0 saturated carbocycles. The molecular formula is C23H20N4O. The standard InChI is InChI=1S/C23H20N4O/c1-28-18-13-11-17(12-14-18)25-22-15-21(26-23(24)27-22)20-10-6-5-9-19(20)16-7-3-2-4-8-16/h2-15H,1H3,(H3,24,25,26,27). The van der Waals surface area contributed by atoms with Crippen molar-refractivity contribution < 1.29 is 4.74 Å². The van der Waals surface area contributed by atoms with Gasteiger partial charge in [-0.15, -0.1) is 0 Å². The number of hydrogen-bond donors (Lipinski definition) is 2. The molecule has 0 atom stereocenters. The van der Waals surface area contributed by atoms with Gasteiger partial charge < -0.3 is 15.8 Å². The van der Waals surface area contributed by atoms with Gasteiger partial charge in [0.2, 0.25) is 5.95 Å². The lowest BCUT2D eigenvalue weighted by molar-refractivity contribution is 0.415. The molecule has 0 fully saturated rings. The molecule has 4 aromatic rings. The summed E-state index contributed by atoms with van der Waals surface area (Å²) in [5, 5.41) is 3.28. The van der Waals surface area contributed by atoms with Gasteiger partial charge >= 0.3 is 0 Å². The van der Waals surface area contributed by atoms with E-state index in [0.717, 1.165) is 33.8 Å². The van der Waals surface area contributed by atoms with E-state index in [1.54, 1.807) is 7.11 Å². The van der Waals surface area contributed by atoms with Gasteiger partial charge in [0.1, 0.15) is 11.6 Å². The molecule has 0 bridgehead atoms. The largest absolute Gasteiger partial charge is 0.497 e. The van der Waals surface area contributed by atoms with Crippen LogP contribution >= 0.6 is 0 Å². The quantitative estimate of drug-likeness (QED) is 0.510. The van der Waals surface area contributed by atoms with Gasteiger partial charge in [0.25, 0.3) is 0 Å². The summed E-state index contributed by atoms with van der Waals surface area (Å²) < 4.78 is 5.20. The second-order valence-electron chi connectivity index (χ2n) is 6.26. The van der Waals surface area contributed by atoms with Crippen LogP contribution < -0.4 is 15.8 Å². The lowest BCUT2D eigenvalue weighted by Gasteiger charge is -2.12. The van der Waals surface area contributed by atoms with E-state index in [0.29, 0.717) is 5.82 Å². The molecule has 3 N–H and O–H groups in total. The molecule has 0 radical (unpaired) electrons. The zero-order valence-corrected chi connectivity index (χ0v) is 15.5. The SMILES string of the molecule is COc1ccc(Nc2cc(-c3ccccc3-c3ccccc3)nc(N)n2)cc1. The molecule has 0 spiro atoms.